The maximum Gasteiger partial charge on any atom is 0.268 e. The van der Waals surface area contributed by atoms with Crippen molar-refractivity contribution in [3.8, 4) is 95.5 Å². The number of fused-ring (bicyclic) bond motifs is 13. The van der Waals surface area contributed by atoms with E-state index < -0.39 is 18.1 Å². The van der Waals surface area contributed by atoms with E-state index in [-0.39, 0.29) is 49.5 Å². The fourth-order valence-electron chi connectivity index (χ4n) is 12.7. The van der Waals surface area contributed by atoms with Crippen LogP contribution in [0.15, 0.2) is 247 Å². The van der Waals surface area contributed by atoms with Crippen molar-refractivity contribution in [2.24, 2.45) is 0 Å². The second kappa shape index (κ2) is 20.7. The molecular weight excluding hydrogens is 1240 g/mol. The van der Waals surface area contributed by atoms with Crippen molar-refractivity contribution in [2.45, 2.75) is 52.4 Å². The molecule has 0 spiro atoms. The average Bonchev–Trinajstić information content (AvgIpc) is 1.54. The Bertz CT molecular complexity index is 5530. The summed E-state index contributed by atoms with van der Waals surface area (Å²) in [5.41, 5.74) is 18.2. The van der Waals surface area contributed by atoms with Crippen LogP contribution >= 0.6 is 0 Å². The third-order valence-corrected chi connectivity index (χ3v) is 17.0. The molecule has 15 aromatic rings. The number of nitrogens with zero attached hydrogens (tertiary/aromatic N) is 4. The van der Waals surface area contributed by atoms with E-state index in [1.807, 2.05) is 82.1 Å². The van der Waals surface area contributed by atoms with E-state index in [2.05, 4.69) is 204 Å². The Morgan fingerprint density at radius 3 is 1.94 bits per heavy atom. The summed E-state index contributed by atoms with van der Waals surface area (Å²) in [6, 6.07) is 76.3. The van der Waals surface area contributed by atoms with E-state index in [0.29, 0.717) is 28.4 Å². The van der Waals surface area contributed by atoms with Gasteiger partial charge in [-0.15, -0.1) is 29.7 Å². The topological polar surface area (TPSA) is 49.0 Å². The van der Waals surface area contributed by atoms with Crippen molar-refractivity contribution in [1.29, 1.82) is 0 Å². The van der Waals surface area contributed by atoms with Crippen LogP contribution in [0.3, 0.4) is 0 Å². The van der Waals surface area contributed by atoms with E-state index in [4.69, 9.17) is 18.3 Å². The second-order valence-corrected chi connectivity index (χ2v) is 24.4. The molecule has 4 aromatic heterocycles. The van der Waals surface area contributed by atoms with Crippen molar-refractivity contribution < 1.29 is 41.6 Å². The Morgan fingerprint density at radius 1 is 0.471 bits per heavy atom. The first-order chi connectivity index (χ1) is 43.9. The molecule has 0 atom stereocenters. The fraction of sp³-hybridized carbons (Fsp3) is 0.100. The van der Waals surface area contributed by atoms with Gasteiger partial charge in [-0.25, -0.2) is 4.98 Å². The summed E-state index contributed by atoms with van der Waals surface area (Å²) in [4.78, 5) is 4.91. The Kier molecular flexibility index (Phi) is 11.5. The Labute approximate surface area is 527 Å². The zero-order valence-corrected chi connectivity index (χ0v) is 50.9. The van der Waals surface area contributed by atoms with Crippen LogP contribution in [0.4, 0.5) is 0 Å². The molecule has 1 aliphatic rings. The molecule has 0 saturated heterocycles. The van der Waals surface area contributed by atoms with Gasteiger partial charge in [0.25, 0.3) is 6.33 Å². The van der Waals surface area contributed by atoms with Gasteiger partial charge in [0, 0.05) is 55.1 Å². The molecule has 0 fully saturated rings. The maximum absolute atomic E-state index is 9.58. The number of aromatic nitrogens is 4. The standard InChI is InChI=1S/C80H58N4O2.Pt/c1-79(2,3)55-34-30-50(31-35-55)52-32-37-63-61-22-10-11-23-62(61)70-44-54(53-33-39-75-69(43-53)66-25-13-15-29-74(66)86-75)45-73-78(70)83(77-60(51-18-8-7-9-19-51)26-17-27-67(77)68(63)42-52)49-82(73)57-20-16-21-58(47-57)85-59-36-38-65-64-24-12-14-28-71(64)84(72(65)48-59)76-46-56(40-41-81-76)80(4,5)6;/h7-46H,1-6H3;/q-2;/i7D,8D,9D,18D,19D;. The summed E-state index contributed by atoms with van der Waals surface area (Å²) in [5.74, 6) is 1.70. The van der Waals surface area contributed by atoms with Crippen LogP contribution in [-0.2, 0) is 31.9 Å². The van der Waals surface area contributed by atoms with Gasteiger partial charge >= 0.3 is 0 Å². The molecule has 6 nitrogen and oxygen atoms in total. The average molecular weight is 1310 g/mol. The summed E-state index contributed by atoms with van der Waals surface area (Å²) < 4.78 is 65.5. The molecule has 7 heteroatoms. The molecule has 11 aromatic carbocycles. The molecule has 0 aliphatic carbocycles. The summed E-state index contributed by atoms with van der Waals surface area (Å²) >= 11 is 0. The molecule has 0 N–H and O–H groups in total. The maximum atomic E-state index is 9.58. The SMILES string of the molecule is [2H]c1c([2H])c([2H])c(-c2cccc3c2-[n+]2[c-]n(-c4[c-]c(Oc5[c-]c6c(cc5)c5ccccc5n6-c5cc(C(C)(C)C)ccn5)ccc4)c4cc(-c5ccc6oc7ccccc7c6c5)cc(c42)-c2ccccc2-c2ccc(-c4ccc(C(C)(C)C)cc4)cc2-3)c([2H])c1[2H].[Pt]. The predicted molar refractivity (Wildman–Crippen MR) is 351 cm³/mol. The number of ether oxygens (including phenoxy) is 1. The van der Waals surface area contributed by atoms with Crippen LogP contribution in [0.25, 0.3) is 139 Å². The van der Waals surface area contributed by atoms with E-state index >= 15 is 0 Å². The molecule has 0 amide bonds. The third-order valence-electron chi connectivity index (χ3n) is 17.0. The number of para-hydroxylation sites is 3. The van der Waals surface area contributed by atoms with Crippen LogP contribution in [0.1, 0.15) is 59.5 Å². The van der Waals surface area contributed by atoms with E-state index in [9.17, 15) is 2.74 Å². The number of pyridine rings is 1. The fourth-order valence-corrected chi connectivity index (χ4v) is 12.7. The quantitative estimate of drug-likeness (QED) is 0.118. The molecule has 0 bridgehead atoms. The molecule has 16 rings (SSSR count). The number of furan rings is 1. The molecule has 0 radical (unpaired) electrons. The van der Waals surface area contributed by atoms with Gasteiger partial charge in [-0.3, -0.25) is 4.57 Å². The smallest absolute Gasteiger partial charge is 0.268 e. The van der Waals surface area contributed by atoms with Crippen molar-refractivity contribution in [2.75, 3.05) is 0 Å². The van der Waals surface area contributed by atoms with Gasteiger partial charge in [-0.1, -0.05) is 205 Å². The number of hydrogen-bond acceptors (Lipinski definition) is 3. The van der Waals surface area contributed by atoms with E-state index in [1.54, 1.807) is 0 Å². The normalized spacial score (nSPS) is 13.0. The minimum atomic E-state index is -0.468. The molecule has 87 heavy (non-hydrogen) atoms. The van der Waals surface area contributed by atoms with Gasteiger partial charge in [-0.05, 0) is 148 Å². The van der Waals surface area contributed by atoms with Crippen molar-refractivity contribution in [3.05, 3.63) is 272 Å². The van der Waals surface area contributed by atoms with Gasteiger partial charge in [0.1, 0.15) is 17.0 Å². The number of benzene rings is 11. The first-order valence-corrected chi connectivity index (χ1v) is 29.1. The van der Waals surface area contributed by atoms with Gasteiger partial charge in [0.05, 0.1) is 23.6 Å². The number of imidazole rings is 1. The Hall–Kier alpha value is -9.87. The Balaban J connectivity index is 0.00000702. The summed E-state index contributed by atoms with van der Waals surface area (Å²) in [6.07, 6.45) is 5.75. The van der Waals surface area contributed by atoms with Gasteiger partial charge in [0.15, 0.2) is 0 Å². The molecule has 0 unspecified atom stereocenters. The van der Waals surface area contributed by atoms with Crippen molar-refractivity contribution >= 4 is 54.8 Å². The summed E-state index contributed by atoms with van der Waals surface area (Å²) in [6.45, 7) is 13.3. The Morgan fingerprint density at radius 2 is 1.13 bits per heavy atom. The molecular formula is C80H58N4O2Pt-2. The molecule has 1 aliphatic heterocycles. The van der Waals surface area contributed by atoms with Crippen LogP contribution in [0.5, 0.6) is 11.5 Å². The minimum Gasteiger partial charge on any atom is -0.510 e. The van der Waals surface area contributed by atoms with Gasteiger partial charge < -0.3 is 18.3 Å². The first-order valence-electron chi connectivity index (χ1n) is 31.6. The first kappa shape index (κ1) is 48.4. The third kappa shape index (κ3) is 9.12. The van der Waals surface area contributed by atoms with Crippen LogP contribution in [-0.4, -0.2) is 14.1 Å². The summed E-state index contributed by atoms with van der Waals surface area (Å²) in [7, 11) is 0. The number of hydrogen-bond donors (Lipinski definition) is 0. The zero-order chi connectivity index (χ0) is 62.4. The number of rotatable bonds is 7. The van der Waals surface area contributed by atoms with Crippen molar-refractivity contribution in [3.63, 3.8) is 0 Å². The second-order valence-electron chi connectivity index (χ2n) is 24.4. The minimum absolute atomic E-state index is 0. The van der Waals surface area contributed by atoms with Crippen LogP contribution < -0.4 is 9.30 Å². The van der Waals surface area contributed by atoms with E-state index in [1.165, 1.54) is 5.56 Å². The summed E-state index contributed by atoms with van der Waals surface area (Å²) in [5, 5.41) is 4.09. The zero-order valence-electron chi connectivity index (χ0n) is 53.6. The largest absolute Gasteiger partial charge is 0.510 e. The van der Waals surface area contributed by atoms with E-state index in [0.717, 1.165) is 122 Å². The van der Waals surface area contributed by atoms with Crippen molar-refractivity contribution in [1.82, 2.24) is 14.1 Å². The molecule has 0 saturated carbocycles. The van der Waals surface area contributed by atoms with Crippen LogP contribution in [0.2, 0.25) is 0 Å². The van der Waals surface area contributed by atoms with Gasteiger partial charge in [-0.2, -0.15) is 18.2 Å². The molecule has 5 heterocycles. The molecule has 422 valence electrons. The predicted octanol–water partition coefficient (Wildman–Crippen LogP) is 20.4. The monoisotopic (exact) mass is 1310 g/mol. The van der Waals surface area contributed by atoms with Crippen LogP contribution in [0, 0.1) is 18.5 Å². The van der Waals surface area contributed by atoms with Gasteiger partial charge in [0.2, 0.25) is 0 Å².